The van der Waals surface area contributed by atoms with Crippen molar-refractivity contribution < 1.29 is 9.53 Å². The van der Waals surface area contributed by atoms with Crippen molar-refractivity contribution in [1.82, 2.24) is 0 Å². The van der Waals surface area contributed by atoms with Crippen LogP contribution in [0.2, 0.25) is 0 Å². The molecule has 2 heteroatoms. The summed E-state index contributed by atoms with van der Waals surface area (Å²) in [5.74, 6) is 0.0812. The largest absolute Gasteiger partial charge is 0.365 e. The second kappa shape index (κ2) is 2.31. The highest BCUT2D eigenvalue weighted by atomic mass is 16.6. The van der Waals surface area contributed by atoms with E-state index in [0.717, 1.165) is 0 Å². The highest BCUT2D eigenvalue weighted by molar-refractivity contribution is 5.87. The molecule has 1 aliphatic rings. The molecule has 2 nitrogen and oxygen atoms in total. The number of hydrogen-bond acceptors (Lipinski definition) is 2. The van der Waals surface area contributed by atoms with Gasteiger partial charge >= 0.3 is 0 Å². The zero-order valence-electron chi connectivity index (χ0n) is 5.63. The van der Waals surface area contributed by atoms with Crippen LogP contribution in [0, 0.1) is 0 Å². The molecule has 50 valence electrons. The van der Waals surface area contributed by atoms with E-state index in [1.54, 1.807) is 12.2 Å². The molecule has 1 saturated heterocycles. The van der Waals surface area contributed by atoms with Crippen LogP contribution >= 0.6 is 0 Å². The van der Waals surface area contributed by atoms with Gasteiger partial charge in [-0.15, -0.1) is 0 Å². The van der Waals surface area contributed by atoms with Crippen LogP contribution in [0.3, 0.4) is 0 Å². The first-order chi connectivity index (χ1) is 4.20. The molecule has 2 atom stereocenters. The van der Waals surface area contributed by atoms with E-state index in [1.165, 1.54) is 6.92 Å². The number of ketones is 1. The molecule has 0 radical (unpaired) electrons. The molecule has 0 N–H and O–H groups in total. The van der Waals surface area contributed by atoms with Crippen LogP contribution in [0.15, 0.2) is 12.2 Å². The van der Waals surface area contributed by atoms with Gasteiger partial charge in [-0.3, -0.25) is 4.79 Å². The second-order valence-electron chi connectivity index (χ2n) is 2.28. The van der Waals surface area contributed by atoms with Crippen LogP contribution in [0.4, 0.5) is 0 Å². The van der Waals surface area contributed by atoms with E-state index in [0.29, 0.717) is 6.10 Å². The predicted octanol–water partition coefficient (Wildman–Crippen LogP) is 0.919. The Morgan fingerprint density at radius 3 is 2.56 bits per heavy atom. The molecule has 0 aromatic heterocycles. The normalized spacial score (nSPS) is 33.1. The molecule has 0 amide bonds. The van der Waals surface area contributed by atoms with Crippen molar-refractivity contribution in [3.05, 3.63) is 12.2 Å². The summed E-state index contributed by atoms with van der Waals surface area (Å²) in [5, 5.41) is 0. The molecule has 0 unspecified atom stereocenters. The van der Waals surface area contributed by atoms with Gasteiger partial charge in [0.05, 0.1) is 6.10 Å². The molecular formula is C7H10O2. The lowest BCUT2D eigenvalue weighted by molar-refractivity contribution is -0.112. The maximum atomic E-state index is 10.3. The lowest BCUT2D eigenvalue weighted by Crippen LogP contribution is -1.85. The van der Waals surface area contributed by atoms with E-state index in [2.05, 4.69) is 0 Å². The number of carbonyl (C=O) groups excluding carboxylic acids is 1. The topological polar surface area (TPSA) is 29.6 Å². The number of ether oxygens (including phenoxy) is 1. The van der Waals surface area contributed by atoms with Crippen molar-refractivity contribution in [2.24, 2.45) is 0 Å². The first-order valence-corrected chi connectivity index (χ1v) is 3.04. The molecule has 9 heavy (non-hydrogen) atoms. The van der Waals surface area contributed by atoms with Gasteiger partial charge in [0.1, 0.15) is 6.10 Å². The Morgan fingerprint density at radius 2 is 2.22 bits per heavy atom. The minimum absolute atomic E-state index is 0.0812. The monoisotopic (exact) mass is 126 g/mol. The Kier molecular flexibility index (Phi) is 1.67. The summed E-state index contributed by atoms with van der Waals surface area (Å²) in [6.45, 7) is 3.51. The van der Waals surface area contributed by atoms with Crippen LogP contribution < -0.4 is 0 Å². The quantitative estimate of drug-likeness (QED) is 0.406. The molecule has 0 spiro atoms. The lowest BCUT2D eigenvalue weighted by Gasteiger charge is -1.75. The first-order valence-electron chi connectivity index (χ1n) is 3.04. The number of carbonyl (C=O) groups is 1. The van der Waals surface area contributed by atoms with E-state index in [1.807, 2.05) is 6.92 Å². The molecule has 1 heterocycles. The van der Waals surface area contributed by atoms with Gasteiger partial charge in [0.25, 0.3) is 0 Å². The average Bonchev–Trinajstić information content (AvgIpc) is 2.42. The zero-order valence-corrected chi connectivity index (χ0v) is 5.63. The zero-order chi connectivity index (χ0) is 6.85. The minimum atomic E-state index is 0.0812. The highest BCUT2D eigenvalue weighted by Gasteiger charge is 2.30. The van der Waals surface area contributed by atoms with Gasteiger partial charge in [-0.1, -0.05) is 0 Å². The molecule has 0 aromatic rings. The summed E-state index contributed by atoms with van der Waals surface area (Å²) in [5.41, 5.74) is 0. The second-order valence-corrected chi connectivity index (χ2v) is 2.28. The SMILES string of the molecule is CC(=O)/C=C/[C@H]1O[C@H]1C. The summed E-state index contributed by atoms with van der Waals surface area (Å²) in [6, 6.07) is 0. The molecule has 0 bridgehead atoms. The molecule has 1 rings (SSSR count). The van der Waals surface area contributed by atoms with Crippen molar-refractivity contribution in [2.75, 3.05) is 0 Å². The Labute approximate surface area is 54.5 Å². The molecule has 0 aliphatic carbocycles. The fraction of sp³-hybridized carbons (Fsp3) is 0.571. The van der Waals surface area contributed by atoms with Crippen molar-refractivity contribution in [3.8, 4) is 0 Å². The van der Waals surface area contributed by atoms with Gasteiger partial charge in [-0.2, -0.15) is 0 Å². The third-order valence-electron chi connectivity index (χ3n) is 1.28. The summed E-state index contributed by atoms with van der Waals surface area (Å²) in [4.78, 5) is 10.3. The Hall–Kier alpha value is -0.630. The van der Waals surface area contributed by atoms with Crippen molar-refractivity contribution >= 4 is 5.78 Å². The fourth-order valence-electron chi connectivity index (χ4n) is 0.635. The molecule has 1 aliphatic heterocycles. The van der Waals surface area contributed by atoms with E-state index in [4.69, 9.17) is 4.74 Å². The number of hydrogen-bond donors (Lipinski definition) is 0. The van der Waals surface area contributed by atoms with Gasteiger partial charge in [0.15, 0.2) is 5.78 Å². The summed E-state index contributed by atoms with van der Waals surface area (Å²) >= 11 is 0. The minimum Gasteiger partial charge on any atom is -0.365 e. The summed E-state index contributed by atoms with van der Waals surface area (Å²) < 4.78 is 5.03. The summed E-state index contributed by atoms with van der Waals surface area (Å²) in [6.07, 6.45) is 3.87. The first kappa shape index (κ1) is 6.49. The Morgan fingerprint density at radius 1 is 1.67 bits per heavy atom. The molecule has 0 aromatic carbocycles. The average molecular weight is 126 g/mol. The van der Waals surface area contributed by atoms with E-state index in [-0.39, 0.29) is 11.9 Å². The van der Waals surface area contributed by atoms with Crippen LogP contribution in [-0.4, -0.2) is 18.0 Å². The van der Waals surface area contributed by atoms with Crippen LogP contribution in [-0.2, 0) is 9.53 Å². The molecular weight excluding hydrogens is 116 g/mol. The number of epoxide rings is 1. The Balaban J connectivity index is 2.25. The smallest absolute Gasteiger partial charge is 0.152 e. The standard InChI is InChI=1S/C7H10O2/c1-5(8)3-4-7-6(2)9-7/h3-4,6-7H,1-2H3/b4-3+/t6-,7+/m0/s1. The van der Waals surface area contributed by atoms with E-state index in [9.17, 15) is 4.79 Å². The maximum absolute atomic E-state index is 10.3. The molecule has 0 saturated carbocycles. The number of rotatable bonds is 2. The third-order valence-corrected chi connectivity index (χ3v) is 1.28. The molecule has 1 fully saturated rings. The van der Waals surface area contributed by atoms with Gasteiger partial charge < -0.3 is 4.74 Å². The highest BCUT2D eigenvalue weighted by Crippen LogP contribution is 2.21. The predicted molar refractivity (Wildman–Crippen MR) is 34.2 cm³/mol. The maximum Gasteiger partial charge on any atom is 0.152 e. The van der Waals surface area contributed by atoms with Gasteiger partial charge in [0, 0.05) is 0 Å². The van der Waals surface area contributed by atoms with E-state index < -0.39 is 0 Å². The number of allylic oxidation sites excluding steroid dienone is 1. The third kappa shape index (κ3) is 1.98. The fourth-order valence-corrected chi connectivity index (χ4v) is 0.635. The van der Waals surface area contributed by atoms with Crippen LogP contribution in [0.5, 0.6) is 0 Å². The van der Waals surface area contributed by atoms with E-state index >= 15 is 0 Å². The van der Waals surface area contributed by atoms with Crippen LogP contribution in [0.25, 0.3) is 0 Å². The van der Waals surface area contributed by atoms with Crippen LogP contribution in [0.1, 0.15) is 13.8 Å². The lowest BCUT2D eigenvalue weighted by atomic mass is 10.3. The van der Waals surface area contributed by atoms with Gasteiger partial charge in [-0.05, 0) is 26.0 Å². The van der Waals surface area contributed by atoms with Crippen molar-refractivity contribution in [3.63, 3.8) is 0 Å². The van der Waals surface area contributed by atoms with Crippen molar-refractivity contribution in [2.45, 2.75) is 26.1 Å². The van der Waals surface area contributed by atoms with Gasteiger partial charge in [-0.25, -0.2) is 0 Å². The summed E-state index contributed by atoms with van der Waals surface area (Å²) in [7, 11) is 0. The van der Waals surface area contributed by atoms with Crippen molar-refractivity contribution in [1.29, 1.82) is 0 Å². The Bertz CT molecular complexity index is 149. The van der Waals surface area contributed by atoms with Gasteiger partial charge in [0.2, 0.25) is 0 Å².